The molecule has 0 aliphatic rings. The lowest BCUT2D eigenvalue weighted by Crippen LogP contribution is -2.09. The normalized spacial score (nSPS) is 12.2. The van der Waals surface area contributed by atoms with Crippen molar-refractivity contribution in [1.82, 2.24) is 9.55 Å². The van der Waals surface area contributed by atoms with E-state index in [-0.39, 0.29) is 0 Å². The number of imidazole rings is 1. The standard InChI is InChI=1S/C15H20N2O3/c1-4-7-17-10-16-9-13(17)15(18)12-6-5-11(19-2)8-14(12)20-3/h5-6,8-10,15,18H,4,7H2,1-3H3. The van der Waals surface area contributed by atoms with E-state index in [1.807, 2.05) is 16.7 Å². The maximum atomic E-state index is 10.6. The van der Waals surface area contributed by atoms with Gasteiger partial charge in [-0.2, -0.15) is 0 Å². The first-order valence-electron chi connectivity index (χ1n) is 6.61. The summed E-state index contributed by atoms with van der Waals surface area (Å²) in [6.45, 7) is 2.91. The molecule has 0 saturated heterocycles. The van der Waals surface area contributed by atoms with Gasteiger partial charge in [-0.3, -0.25) is 0 Å². The largest absolute Gasteiger partial charge is 0.497 e. The number of ether oxygens (including phenoxy) is 2. The van der Waals surface area contributed by atoms with Gasteiger partial charge in [0.05, 0.1) is 32.4 Å². The number of aliphatic hydroxyl groups excluding tert-OH is 1. The summed E-state index contributed by atoms with van der Waals surface area (Å²) in [6.07, 6.45) is 3.63. The molecule has 0 amide bonds. The lowest BCUT2D eigenvalue weighted by molar-refractivity contribution is 0.204. The highest BCUT2D eigenvalue weighted by molar-refractivity contribution is 5.44. The fourth-order valence-corrected chi connectivity index (χ4v) is 2.19. The van der Waals surface area contributed by atoms with E-state index < -0.39 is 6.10 Å². The molecule has 0 fully saturated rings. The number of nitrogens with zero attached hydrogens (tertiary/aromatic N) is 2. The number of benzene rings is 1. The van der Waals surface area contributed by atoms with E-state index in [2.05, 4.69) is 11.9 Å². The van der Waals surface area contributed by atoms with E-state index in [4.69, 9.17) is 9.47 Å². The number of rotatable bonds is 6. The summed E-state index contributed by atoms with van der Waals surface area (Å²) in [6, 6.07) is 5.38. The van der Waals surface area contributed by atoms with Crippen LogP contribution in [0.3, 0.4) is 0 Å². The molecule has 1 aromatic heterocycles. The Labute approximate surface area is 118 Å². The maximum Gasteiger partial charge on any atom is 0.128 e. The SMILES string of the molecule is CCCn1cncc1C(O)c1ccc(OC)cc1OC. The Morgan fingerprint density at radius 1 is 1.30 bits per heavy atom. The van der Waals surface area contributed by atoms with Crippen LogP contribution in [0.5, 0.6) is 11.5 Å². The van der Waals surface area contributed by atoms with E-state index >= 15 is 0 Å². The fraction of sp³-hybridized carbons (Fsp3) is 0.400. The van der Waals surface area contributed by atoms with Crippen LogP contribution in [-0.2, 0) is 6.54 Å². The second-order valence-corrected chi connectivity index (χ2v) is 4.52. The minimum atomic E-state index is -0.773. The molecule has 5 heteroatoms. The predicted octanol–water partition coefficient (Wildman–Crippen LogP) is 2.39. The highest BCUT2D eigenvalue weighted by atomic mass is 16.5. The van der Waals surface area contributed by atoms with Gasteiger partial charge in [-0.1, -0.05) is 6.92 Å². The van der Waals surface area contributed by atoms with Crippen LogP contribution in [0.25, 0.3) is 0 Å². The summed E-state index contributed by atoms with van der Waals surface area (Å²) in [7, 11) is 3.18. The molecule has 0 aliphatic heterocycles. The number of hydrogen-bond donors (Lipinski definition) is 1. The summed E-state index contributed by atoms with van der Waals surface area (Å²) in [4.78, 5) is 4.11. The average molecular weight is 276 g/mol. The smallest absolute Gasteiger partial charge is 0.128 e. The van der Waals surface area contributed by atoms with Crippen molar-refractivity contribution in [3.05, 3.63) is 42.0 Å². The molecule has 1 unspecified atom stereocenters. The molecule has 0 bridgehead atoms. The van der Waals surface area contributed by atoms with Crippen LogP contribution in [0.2, 0.25) is 0 Å². The highest BCUT2D eigenvalue weighted by Gasteiger charge is 2.19. The summed E-state index contributed by atoms with van der Waals surface area (Å²) in [5.74, 6) is 1.29. The van der Waals surface area contributed by atoms with Crippen molar-refractivity contribution in [2.75, 3.05) is 14.2 Å². The van der Waals surface area contributed by atoms with Gasteiger partial charge in [0, 0.05) is 18.2 Å². The first-order valence-corrected chi connectivity index (χ1v) is 6.61. The third kappa shape index (κ3) is 2.77. The van der Waals surface area contributed by atoms with Gasteiger partial charge < -0.3 is 19.1 Å². The quantitative estimate of drug-likeness (QED) is 0.880. The van der Waals surface area contributed by atoms with Gasteiger partial charge in [0.1, 0.15) is 17.6 Å². The van der Waals surface area contributed by atoms with Crippen LogP contribution in [-0.4, -0.2) is 28.9 Å². The van der Waals surface area contributed by atoms with Crippen LogP contribution in [0, 0.1) is 0 Å². The molecule has 0 aliphatic carbocycles. The van der Waals surface area contributed by atoms with Crippen LogP contribution >= 0.6 is 0 Å². The molecule has 1 atom stereocenters. The van der Waals surface area contributed by atoms with Crippen LogP contribution in [0.4, 0.5) is 0 Å². The molecule has 1 aromatic carbocycles. The topological polar surface area (TPSA) is 56.5 Å². The first kappa shape index (κ1) is 14.4. The van der Waals surface area contributed by atoms with E-state index in [0.717, 1.165) is 18.7 Å². The van der Waals surface area contributed by atoms with Crippen LogP contribution in [0.15, 0.2) is 30.7 Å². The number of aryl methyl sites for hydroxylation is 1. The van der Waals surface area contributed by atoms with Gasteiger partial charge in [0.15, 0.2) is 0 Å². The molecule has 0 radical (unpaired) electrons. The van der Waals surface area contributed by atoms with Gasteiger partial charge in [0.2, 0.25) is 0 Å². The minimum Gasteiger partial charge on any atom is -0.497 e. The van der Waals surface area contributed by atoms with Crippen LogP contribution in [0.1, 0.15) is 30.7 Å². The van der Waals surface area contributed by atoms with Crippen molar-refractivity contribution in [1.29, 1.82) is 0 Å². The predicted molar refractivity (Wildman–Crippen MR) is 76.1 cm³/mol. The number of hydrogen-bond acceptors (Lipinski definition) is 4. The Balaban J connectivity index is 2.37. The Hall–Kier alpha value is -2.01. The summed E-state index contributed by atoms with van der Waals surface area (Å²) < 4.78 is 12.5. The molecular weight excluding hydrogens is 256 g/mol. The van der Waals surface area contributed by atoms with Crippen molar-refractivity contribution in [2.24, 2.45) is 0 Å². The number of aliphatic hydroxyl groups is 1. The molecular formula is C15H20N2O3. The minimum absolute atomic E-state index is 0.598. The summed E-state index contributed by atoms with van der Waals surface area (Å²) in [5.41, 5.74) is 1.46. The molecule has 108 valence electrons. The molecule has 20 heavy (non-hydrogen) atoms. The average Bonchev–Trinajstić information content (AvgIpc) is 2.94. The number of methoxy groups -OCH3 is 2. The van der Waals surface area contributed by atoms with Gasteiger partial charge in [0.25, 0.3) is 0 Å². The zero-order chi connectivity index (χ0) is 14.5. The van der Waals surface area contributed by atoms with Crippen molar-refractivity contribution < 1.29 is 14.6 Å². The van der Waals surface area contributed by atoms with Gasteiger partial charge in [-0.15, -0.1) is 0 Å². The van der Waals surface area contributed by atoms with Gasteiger partial charge in [-0.05, 0) is 18.6 Å². The van der Waals surface area contributed by atoms with Crippen LogP contribution < -0.4 is 9.47 Å². The van der Waals surface area contributed by atoms with Gasteiger partial charge in [-0.25, -0.2) is 4.98 Å². The monoisotopic (exact) mass is 276 g/mol. The van der Waals surface area contributed by atoms with Gasteiger partial charge >= 0.3 is 0 Å². The third-order valence-corrected chi connectivity index (χ3v) is 3.22. The van der Waals surface area contributed by atoms with E-state index in [1.165, 1.54) is 0 Å². The Morgan fingerprint density at radius 3 is 2.75 bits per heavy atom. The molecule has 0 saturated carbocycles. The van der Waals surface area contributed by atoms with Crippen molar-refractivity contribution in [2.45, 2.75) is 26.0 Å². The van der Waals surface area contributed by atoms with Crippen molar-refractivity contribution >= 4 is 0 Å². The summed E-state index contributed by atoms with van der Waals surface area (Å²) in [5, 5.41) is 10.6. The second kappa shape index (κ2) is 6.43. The second-order valence-electron chi connectivity index (χ2n) is 4.52. The summed E-state index contributed by atoms with van der Waals surface area (Å²) >= 11 is 0. The Bertz CT molecular complexity index is 566. The van der Waals surface area contributed by atoms with Crippen molar-refractivity contribution in [3.63, 3.8) is 0 Å². The Morgan fingerprint density at radius 2 is 2.10 bits per heavy atom. The fourth-order valence-electron chi connectivity index (χ4n) is 2.19. The zero-order valence-corrected chi connectivity index (χ0v) is 12.0. The lowest BCUT2D eigenvalue weighted by Gasteiger charge is -2.17. The Kier molecular flexibility index (Phi) is 4.63. The van der Waals surface area contributed by atoms with E-state index in [9.17, 15) is 5.11 Å². The number of aromatic nitrogens is 2. The molecule has 5 nitrogen and oxygen atoms in total. The highest BCUT2D eigenvalue weighted by Crippen LogP contribution is 2.32. The molecule has 1 N–H and O–H groups in total. The molecule has 0 spiro atoms. The molecule has 2 rings (SSSR count). The van der Waals surface area contributed by atoms with E-state index in [0.29, 0.717) is 17.1 Å². The molecule has 1 heterocycles. The lowest BCUT2D eigenvalue weighted by atomic mass is 10.1. The maximum absolute atomic E-state index is 10.6. The van der Waals surface area contributed by atoms with E-state index in [1.54, 1.807) is 32.8 Å². The third-order valence-electron chi connectivity index (χ3n) is 3.22. The zero-order valence-electron chi connectivity index (χ0n) is 12.0. The first-order chi connectivity index (χ1) is 9.71. The molecule has 2 aromatic rings. The van der Waals surface area contributed by atoms with Crippen molar-refractivity contribution in [3.8, 4) is 11.5 Å².